The number of nitrogens with zero attached hydrogens (tertiary/aromatic N) is 5. The molecule has 5 nitrogen and oxygen atoms in total. The highest BCUT2D eigenvalue weighted by molar-refractivity contribution is 9.09. The molecule has 1 aliphatic rings. The van der Waals surface area contributed by atoms with Crippen LogP contribution in [-0.2, 0) is 7.05 Å². The predicted octanol–water partition coefficient (Wildman–Crippen LogP) is 0.820. The van der Waals surface area contributed by atoms with E-state index in [1.165, 1.54) is 6.42 Å². The first-order chi connectivity index (χ1) is 6.68. The minimum atomic E-state index is 0.535. The molecule has 0 spiro atoms. The Balaban J connectivity index is 2.10. The van der Waals surface area contributed by atoms with Crippen molar-refractivity contribution in [3.8, 4) is 0 Å². The lowest BCUT2D eigenvalue weighted by molar-refractivity contribution is 0.448. The van der Waals surface area contributed by atoms with E-state index >= 15 is 0 Å². The molecule has 0 aliphatic carbocycles. The molecule has 1 aliphatic heterocycles. The van der Waals surface area contributed by atoms with Crippen LogP contribution in [0.4, 0.5) is 5.95 Å². The van der Waals surface area contributed by atoms with Gasteiger partial charge < -0.3 is 4.90 Å². The van der Waals surface area contributed by atoms with Gasteiger partial charge in [0.15, 0.2) is 0 Å². The van der Waals surface area contributed by atoms with Gasteiger partial charge in [0.05, 0.1) is 0 Å². The van der Waals surface area contributed by atoms with Gasteiger partial charge in [-0.2, -0.15) is 0 Å². The second-order valence-corrected chi connectivity index (χ2v) is 5.01. The van der Waals surface area contributed by atoms with Crippen LogP contribution >= 0.6 is 15.9 Å². The standard InChI is InChI=1S/C8H14BrN5/c1-6-3-4-14(5-7(6)9)8-10-11-12-13(8)2/h6-7H,3-5H2,1-2H3. The van der Waals surface area contributed by atoms with E-state index in [4.69, 9.17) is 0 Å². The van der Waals surface area contributed by atoms with Gasteiger partial charge in [0, 0.05) is 25.0 Å². The molecule has 1 aromatic rings. The number of aryl methyl sites for hydroxylation is 1. The Labute approximate surface area is 91.6 Å². The van der Waals surface area contributed by atoms with Crippen LogP contribution < -0.4 is 4.90 Å². The third kappa shape index (κ3) is 1.75. The molecule has 2 unspecified atom stereocenters. The van der Waals surface area contributed by atoms with Crippen LogP contribution in [0.5, 0.6) is 0 Å². The van der Waals surface area contributed by atoms with Crippen LogP contribution in [0.3, 0.4) is 0 Å². The minimum Gasteiger partial charge on any atom is -0.339 e. The number of rotatable bonds is 1. The van der Waals surface area contributed by atoms with E-state index in [2.05, 4.69) is 43.3 Å². The number of piperidine rings is 1. The van der Waals surface area contributed by atoms with E-state index in [1.807, 2.05) is 7.05 Å². The maximum atomic E-state index is 4.01. The summed E-state index contributed by atoms with van der Waals surface area (Å²) in [6, 6.07) is 0. The third-order valence-electron chi connectivity index (χ3n) is 2.75. The SMILES string of the molecule is CC1CCN(c2nnnn2C)CC1Br. The summed E-state index contributed by atoms with van der Waals surface area (Å²) in [6.07, 6.45) is 1.18. The fourth-order valence-electron chi connectivity index (χ4n) is 1.70. The van der Waals surface area contributed by atoms with E-state index in [9.17, 15) is 0 Å². The predicted molar refractivity (Wildman–Crippen MR) is 57.5 cm³/mol. The quantitative estimate of drug-likeness (QED) is 0.701. The fourth-order valence-corrected chi connectivity index (χ4v) is 2.31. The average Bonchev–Trinajstić information content (AvgIpc) is 2.57. The van der Waals surface area contributed by atoms with Gasteiger partial charge >= 0.3 is 0 Å². The third-order valence-corrected chi connectivity index (χ3v) is 3.94. The molecule has 2 heterocycles. The van der Waals surface area contributed by atoms with Gasteiger partial charge in [-0.05, 0) is 22.8 Å². The maximum Gasteiger partial charge on any atom is 0.245 e. The summed E-state index contributed by atoms with van der Waals surface area (Å²) in [7, 11) is 1.87. The topological polar surface area (TPSA) is 46.8 Å². The van der Waals surface area contributed by atoms with E-state index < -0.39 is 0 Å². The van der Waals surface area contributed by atoms with Gasteiger partial charge in [-0.1, -0.05) is 28.0 Å². The monoisotopic (exact) mass is 259 g/mol. The summed E-state index contributed by atoms with van der Waals surface area (Å²) < 4.78 is 1.72. The lowest BCUT2D eigenvalue weighted by Crippen LogP contribution is -2.41. The van der Waals surface area contributed by atoms with Crippen LogP contribution in [0, 0.1) is 5.92 Å². The van der Waals surface area contributed by atoms with Crippen molar-refractivity contribution in [2.75, 3.05) is 18.0 Å². The van der Waals surface area contributed by atoms with Crippen LogP contribution in [0.2, 0.25) is 0 Å². The van der Waals surface area contributed by atoms with Crippen LogP contribution in [0.25, 0.3) is 0 Å². The minimum absolute atomic E-state index is 0.535. The Morgan fingerprint density at radius 3 is 2.86 bits per heavy atom. The van der Waals surface area contributed by atoms with E-state index in [0.717, 1.165) is 25.0 Å². The van der Waals surface area contributed by atoms with E-state index in [-0.39, 0.29) is 0 Å². The number of alkyl halides is 1. The smallest absolute Gasteiger partial charge is 0.245 e. The highest BCUT2D eigenvalue weighted by Crippen LogP contribution is 2.25. The molecule has 2 rings (SSSR count). The molecule has 0 aromatic carbocycles. The molecule has 0 saturated carbocycles. The molecule has 0 bridgehead atoms. The molecule has 1 aromatic heterocycles. The van der Waals surface area contributed by atoms with Crippen molar-refractivity contribution in [3.63, 3.8) is 0 Å². The summed E-state index contributed by atoms with van der Waals surface area (Å²) in [6.45, 7) is 4.29. The first-order valence-electron chi connectivity index (χ1n) is 4.80. The van der Waals surface area contributed by atoms with E-state index in [1.54, 1.807) is 4.68 Å². The second-order valence-electron chi connectivity index (χ2n) is 3.83. The van der Waals surface area contributed by atoms with Crippen molar-refractivity contribution >= 4 is 21.9 Å². The molecule has 6 heteroatoms. The summed E-state index contributed by atoms with van der Waals surface area (Å²) in [5, 5.41) is 11.5. The zero-order valence-corrected chi connectivity index (χ0v) is 9.98. The zero-order valence-electron chi connectivity index (χ0n) is 8.39. The van der Waals surface area contributed by atoms with Crippen LogP contribution in [0.15, 0.2) is 0 Å². The highest BCUT2D eigenvalue weighted by Gasteiger charge is 2.26. The highest BCUT2D eigenvalue weighted by atomic mass is 79.9. The number of hydrogen-bond donors (Lipinski definition) is 0. The molecule has 0 N–H and O–H groups in total. The van der Waals surface area contributed by atoms with Gasteiger partial charge in [-0.3, -0.25) is 0 Å². The molecule has 14 heavy (non-hydrogen) atoms. The largest absolute Gasteiger partial charge is 0.339 e. The summed E-state index contributed by atoms with van der Waals surface area (Å²) >= 11 is 3.68. The van der Waals surface area contributed by atoms with Crippen molar-refractivity contribution in [1.29, 1.82) is 0 Å². The number of hydrogen-bond acceptors (Lipinski definition) is 4. The Morgan fingerprint density at radius 1 is 1.50 bits per heavy atom. The molecule has 0 radical (unpaired) electrons. The lowest BCUT2D eigenvalue weighted by Gasteiger charge is -2.33. The summed E-state index contributed by atoms with van der Waals surface area (Å²) in [5.74, 6) is 1.59. The molecule has 2 atom stereocenters. The lowest BCUT2D eigenvalue weighted by atomic mass is 9.99. The number of tetrazole rings is 1. The summed E-state index contributed by atoms with van der Waals surface area (Å²) in [5.41, 5.74) is 0. The maximum absolute atomic E-state index is 4.01. The molecule has 1 saturated heterocycles. The van der Waals surface area contributed by atoms with Gasteiger partial charge in [0.25, 0.3) is 0 Å². The van der Waals surface area contributed by atoms with Gasteiger partial charge in [-0.25, -0.2) is 4.68 Å². The van der Waals surface area contributed by atoms with Crippen molar-refractivity contribution in [2.24, 2.45) is 13.0 Å². The van der Waals surface area contributed by atoms with Crippen molar-refractivity contribution in [1.82, 2.24) is 20.2 Å². The normalized spacial score (nSPS) is 28.1. The van der Waals surface area contributed by atoms with Crippen LogP contribution in [-0.4, -0.2) is 38.1 Å². The van der Waals surface area contributed by atoms with Gasteiger partial charge in [0.1, 0.15) is 0 Å². The van der Waals surface area contributed by atoms with Gasteiger partial charge in [0.2, 0.25) is 5.95 Å². The molecular formula is C8H14BrN5. The molecule has 78 valence electrons. The first-order valence-corrected chi connectivity index (χ1v) is 5.71. The number of halogens is 1. The van der Waals surface area contributed by atoms with Crippen molar-refractivity contribution in [3.05, 3.63) is 0 Å². The van der Waals surface area contributed by atoms with Crippen molar-refractivity contribution in [2.45, 2.75) is 18.2 Å². The fraction of sp³-hybridized carbons (Fsp3) is 0.875. The summed E-state index contributed by atoms with van der Waals surface area (Å²) in [4.78, 5) is 2.76. The van der Waals surface area contributed by atoms with Crippen LogP contribution in [0.1, 0.15) is 13.3 Å². The molecule has 0 amide bonds. The zero-order chi connectivity index (χ0) is 10.1. The number of anilines is 1. The second kappa shape index (κ2) is 3.84. The first kappa shape index (κ1) is 9.89. The van der Waals surface area contributed by atoms with Crippen molar-refractivity contribution < 1.29 is 0 Å². The Hall–Kier alpha value is -0.650. The molecular weight excluding hydrogens is 246 g/mol. The Morgan fingerprint density at radius 2 is 2.29 bits per heavy atom. The van der Waals surface area contributed by atoms with E-state index in [0.29, 0.717) is 4.83 Å². The molecule has 1 fully saturated rings. The Kier molecular flexibility index (Phi) is 2.71. The Bertz CT molecular complexity index is 312. The number of aromatic nitrogens is 4. The average molecular weight is 260 g/mol. The van der Waals surface area contributed by atoms with Gasteiger partial charge in [-0.15, -0.1) is 0 Å².